The van der Waals surface area contributed by atoms with Crippen LogP contribution in [0.3, 0.4) is 0 Å². The minimum absolute atomic E-state index is 0.0759. The SMILES string of the molecule is COc1cc(C#N)ccc1NC(=O)C1(CN)CC1. The van der Waals surface area contributed by atoms with E-state index in [0.717, 1.165) is 12.8 Å². The third-order valence-electron chi connectivity index (χ3n) is 3.30. The molecule has 0 spiro atoms. The average molecular weight is 245 g/mol. The lowest BCUT2D eigenvalue weighted by molar-refractivity contribution is -0.120. The minimum Gasteiger partial charge on any atom is -0.495 e. The van der Waals surface area contributed by atoms with E-state index in [-0.39, 0.29) is 5.91 Å². The quantitative estimate of drug-likeness (QED) is 0.835. The Morgan fingerprint density at radius 2 is 2.33 bits per heavy atom. The Morgan fingerprint density at radius 3 is 2.83 bits per heavy atom. The minimum atomic E-state index is -0.404. The number of ether oxygens (including phenoxy) is 1. The molecule has 3 N–H and O–H groups in total. The van der Waals surface area contributed by atoms with Crippen molar-refractivity contribution < 1.29 is 9.53 Å². The molecule has 94 valence electrons. The van der Waals surface area contributed by atoms with Crippen molar-refractivity contribution in [3.8, 4) is 11.8 Å². The van der Waals surface area contributed by atoms with Gasteiger partial charge < -0.3 is 15.8 Å². The maximum atomic E-state index is 12.0. The highest BCUT2D eigenvalue weighted by Gasteiger charge is 2.48. The number of carbonyl (C=O) groups excluding carboxylic acids is 1. The maximum Gasteiger partial charge on any atom is 0.231 e. The molecule has 0 bridgehead atoms. The molecule has 0 radical (unpaired) electrons. The normalized spacial score (nSPS) is 15.6. The van der Waals surface area contributed by atoms with Gasteiger partial charge in [-0.1, -0.05) is 0 Å². The van der Waals surface area contributed by atoms with Crippen molar-refractivity contribution in [3.63, 3.8) is 0 Å². The highest BCUT2D eigenvalue weighted by atomic mass is 16.5. The second kappa shape index (κ2) is 4.67. The summed E-state index contributed by atoms with van der Waals surface area (Å²) in [6.07, 6.45) is 1.65. The Labute approximate surface area is 106 Å². The first-order valence-electron chi connectivity index (χ1n) is 5.75. The smallest absolute Gasteiger partial charge is 0.231 e. The monoisotopic (exact) mass is 245 g/mol. The summed E-state index contributed by atoms with van der Waals surface area (Å²) in [5.41, 5.74) is 6.26. The van der Waals surface area contributed by atoms with Gasteiger partial charge in [0.05, 0.1) is 29.8 Å². The van der Waals surface area contributed by atoms with E-state index in [1.165, 1.54) is 7.11 Å². The Kier molecular flexibility index (Phi) is 3.21. The number of hydrogen-bond acceptors (Lipinski definition) is 4. The maximum absolute atomic E-state index is 12.0. The Bertz CT molecular complexity index is 515. The average Bonchev–Trinajstić information content (AvgIpc) is 3.20. The first-order valence-corrected chi connectivity index (χ1v) is 5.75. The van der Waals surface area contributed by atoms with Gasteiger partial charge >= 0.3 is 0 Å². The van der Waals surface area contributed by atoms with Crippen LogP contribution >= 0.6 is 0 Å². The summed E-state index contributed by atoms with van der Waals surface area (Å²) in [7, 11) is 1.50. The molecule has 0 aromatic heterocycles. The second-order valence-corrected chi connectivity index (χ2v) is 4.47. The fraction of sp³-hybridized carbons (Fsp3) is 0.385. The molecule has 2 rings (SSSR count). The van der Waals surface area contributed by atoms with E-state index in [1.54, 1.807) is 18.2 Å². The van der Waals surface area contributed by atoms with E-state index in [1.807, 2.05) is 6.07 Å². The predicted octanol–water partition coefficient (Wildman–Crippen LogP) is 1.24. The van der Waals surface area contributed by atoms with Crippen molar-refractivity contribution in [1.82, 2.24) is 0 Å². The van der Waals surface area contributed by atoms with Gasteiger partial charge in [0.25, 0.3) is 0 Å². The molecule has 1 aromatic carbocycles. The van der Waals surface area contributed by atoms with E-state index < -0.39 is 5.41 Å². The van der Waals surface area contributed by atoms with Crippen LogP contribution in [0.25, 0.3) is 0 Å². The Hall–Kier alpha value is -2.06. The predicted molar refractivity (Wildman–Crippen MR) is 67.1 cm³/mol. The van der Waals surface area contributed by atoms with Gasteiger partial charge in [-0.05, 0) is 25.0 Å². The number of nitriles is 1. The highest BCUT2D eigenvalue weighted by molar-refractivity contribution is 5.98. The number of nitrogens with one attached hydrogen (secondary N) is 1. The van der Waals surface area contributed by atoms with E-state index in [2.05, 4.69) is 5.32 Å². The van der Waals surface area contributed by atoms with Gasteiger partial charge in [0.15, 0.2) is 0 Å². The number of anilines is 1. The van der Waals surface area contributed by atoms with Crippen LogP contribution in [0.5, 0.6) is 5.75 Å². The molecule has 0 unspecified atom stereocenters. The fourth-order valence-corrected chi connectivity index (χ4v) is 1.79. The summed E-state index contributed by atoms with van der Waals surface area (Å²) in [6.45, 7) is 0.359. The van der Waals surface area contributed by atoms with E-state index in [4.69, 9.17) is 15.7 Å². The number of rotatable bonds is 4. The standard InChI is InChI=1S/C13H15N3O2/c1-18-11-6-9(7-14)2-3-10(11)16-12(17)13(8-15)4-5-13/h2-3,6H,4-5,8,15H2,1H3,(H,16,17). The highest BCUT2D eigenvalue weighted by Crippen LogP contribution is 2.45. The lowest BCUT2D eigenvalue weighted by atomic mass is 10.1. The zero-order chi connectivity index (χ0) is 13.2. The zero-order valence-electron chi connectivity index (χ0n) is 10.2. The Balaban J connectivity index is 2.19. The number of methoxy groups -OCH3 is 1. The van der Waals surface area contributed by atoms with Crippen molar-refractivity contribution >= 4 is 11.6 Å². The summed E-state index contributed by atoms with van der Waals surface area (Å²) in [6, 6.07) is 6.93. The van der Waals surface area contributed by atoms with E-state index >= 15 is 0 Å². The first kappa shape index (κ1) is 12.4. The number of hydrogen-bond donors (Lipinski definition) is 2. The lowest BCUT2D eigenvalue weighted by Gasteiger charge is -2.15. The van der Waals surface area contributed by atoms with Gasteiger partial charge in [-0.25, -0.2) is 0 Å². The van der Waals surface area contributed by atoms with Gasteiger partial charge in [0.1, 0.15) is 5.75 Å². The molecule has 1 saturated carbocycles. The number of nitrogens with zero attached hydrogens (tertiary/aromatic N) is 1. The molecular formula is C13H15N3O2. The second-order valence-electron chi connectivity index (χ2n) is 4.47. The van der Waals surface area contributed by atoms with Crippen molar-refractivity contribution in [3.05, 3.63) is 23.8 Å². The van der Waals surface area contributed by atoms with Gasteiger partial charge in [-0.15, -0.1) is 0 Å². The van der Waals surface area contributed by atoms with Crippen molar-refractivity contribution in [2.75, 3.05) is 19.0 Å². The van der Waals surface area contributed by atoms with Crippen LogP contribution in [0.2, 0.25) is 0 Å². The van der Waals surface area contributed by atoms with Gasteiger partial charge in [-0.2, -0.15) is 5.26 Å². The molecule has 1 fully saturated rings. The summed E-state index contributed by atoms with van der Waals surface area (Å²) >= 11 is 0. The van der Waals surface area contributed by atoms with Crippen molar-refractivity contribution in [2.24, 2.45) is 11.1 Å². The topological polar surface area (TPSA) is 88.1 Å². The molecule has 0 saturated heterocycles. The van der Waals surface area contributed by atoms with Crippen LogP contribution in [0.4, 0.5) is 5.69 Å². The molecule has 1 amide bonds. The first-order chi connectivity index (χ1) is 8.65. The summed E-state index contributed by atoms with van der Waals surface area (Å²) < 4.78 is 5.16. The summed E-state index contributed by atoms with van der Waals surface area (Å²) in [4.78, 5) is 12.0. The third kappa shape index (κ3) is 2.15. The number of carbonyl (C=O) groups is 1. The third-order valence-corrected chi connectivity index (χ3v) is 3.30. The molecule has 0 atom stereocenters. The van der Waals surface area contributed by atoms with Crippen LogP contribution in [0.15, 0.2) is 18.2 Å². The van der Waals surface area contributed by atoms with Crippen LogP contribution in [-0.4, -0.2) is 19.6 Å². The number of amides is 1. The van der Waals surface area contributed by atoms with Crippen LogP contribution in [0.1, 0.15) is 18.4 Å². The van der Waals surface area contributed by atoms with Gasteiger partial charge in [0, 0.05) is 12.6 Å². The van der Waals surface area contributed by atoms with E-state index in [9.17, 15) is 4.79 Å². The molecule has 0 heterocycles. The largest absolute Gasteiger partial charge is 0.495 e. The summed E-state index contributed by atoms with van der Waals surface area (Å²) in [5, 5.41) is 11.6. The molecule has 18 heavy (non-hydrogen) atoms. The molecule has 5 nitrogen and oxygen atoms in total. The zero-order valence-corrected chi connectivity index (χ0v) is 10.2. The summed E-state index contributed by atoms with van der Waals surface area (Å²) in [5.74, 6) is 0.406. The fourth-order valence-electron chi connectivity index (χ4n) is 1.79. The van der Waals surface area contributed by atoms with Gasteiger partial charge in [-0.3, -0.25) is 4.79 Å². The molecule has 1 aliphatic rings. The molecular weight excluding hydrogens is 230 g/mol. The molecule has 0 aliphatic heterocycles. The molecule has 1 aromatic rings. The van der Waals surface area contributed by atoms with Crippen LogP contribution in [0, 0.1) is 16.7 Å². The molecule has 1 aliphatic carbocycles. The lowest BCUT2D eigenvalue weighted by Crippen LogP contribution is -2.30. The molecule has 5 heteroatoms. The number of nitrogens with two attached hydrogens (primary N) is 1. The van der Waals surface area contributed by atoms with Crippen LogP contribution < -0.4 is 15.8 Å². The van der Waals surface area contributed by atoms with Crippen molar-refractivity contribution in [1.29, 1.82) is 5.26 Å². The van der Waals surface area contributed by atoms with Gasteiger partial charge in [0.2, 0.25) is 5.91 Å². The van der Waals surface area contributed by atoms with Crippen molar-refractivity contribution in [2.45, 2.75) is 12.8 Å². The Morgan fingerprint density at radius 1 is 1.61 bits per heavy atom. The van der Waals surface area contributed by atoms with E-state index in [0.29, 0.717) is 23.5 Å². The number of benzene rings is 1. The van der Waals surface area contributed by atoms with Crippen LogP contribution in [-0.2, 0) is 4.79 Å².